The van der Waals surface area contributed by atoms with E-state index in [9.17, 15) is 14.4 Å². The molecular weight excluding hydrogens is 624 g/mol. The highest BCUT2D eigenvalue weighted by atomic mass is 35.5. The van der Waals surface area contributed by atoms with E-state index in [-0.39, 0.29) is 80.2 Å². The van der Waals surface area contributed by atoms with Gasteiger partial charge in [-0.25, -0.2) is 0 Å². The second kappa shape index (κ2) is 21.9. The molecule has 10 nitrogen and oxygen atoms in total. The Hall–Kier alpha value is -2.70. The van der Waals surface area contributed by atoms with Gasteiger partial charge >= 0.3 is 0 Å². The Bertz CT molecular complexity index is 1220. The molecule has 42 heavy (non-hydrogen) atoms. The predicted octanol–water partition coefficient (Wildman–Crippen LogP) is -10.8. The van der Waals surface area contributed by atoms with Gasteiger partial charge < -0.3 is 82.4 Å². The van der Waals surface area contributed by atoms with Crippen LogP contribution in [0.2, 0.25) is 0 Å². The van der Waals surface area contributed by atoms with Gasteiger partial charge in [0.25, 0.3) is 0 Å². The van der Waals surface area contributed by atoms with Gasteiger partial charge in [-0.3, -0.25) is 19.4 Å². The zero-order valence-corrected chi connectivity index (χ0v) is 26.0. The fourth-order valence-electron chi connectivity index (χ4n) is 4.15. The van der Waals surface area contributed by atoms with Gasteiger partial charge in [0.1, 0.15) is 6.04 Å². The summed E-state index contributed by atoms with van der Waals surface area (Å²) in [5.74, 6) is -0.998. The largest absolute Gasteiger partial charge is 1.00 e. The average Bonchev–Trinajstić information content (AvgIpc) is 2.93. The Morgan fingerprint density at radius 2 is 1.48 bits per heavy atom. The van der Waals surface area contributed by atoms with Gasteiger partial charge in [-0.1, -0.05) is 48.5 Å². The fraction of sp³-hybridized carbons (Fsp3) is 0.357. The van der Waals surface area contributed by atoms with Crippen LogP contribution in [0.25, 0.3) is 10.9 Å². The normalized spacial score (nSPS) is 11.3. The number of aryl methyl sites for hydroxylation is 1. The minimum Gasteiger partial charge on any atom is -1.00 e. The Kier molecular flexibility index (Phi) is 21.6. The molecule has 0 aliphatic heterocycles. The summed E-state index contributed by atoms with van der Waals surface area (Å²) in [6, 6.07) is 17.5. The van der Waals surface area contributed by atoms with E-state index in [1.54, 1.807) is 6.20 Å². The number of hydrogen-bond acceptors (Lipinski definition) is 7. The van der Waals surface area contributed by atoms with Gasteiger partial charge in [0, 0.05) is 38.0 Å². The number of anilines is 1. The van der Waals surface area contributed by atoms with E-state index in [2.05, 4.69) is 15.6 Å². The summed E-state index contributed by atoms with van der Waals surface area (Å²) in [6.45, 7) is 1.29. The number of halogens is 4. The van der Waals surface area contributed by atoms with E-state index in [0.29, 0.717) is 44.7 Å². The maximum absolute atomic E-state index is 13.2. The van der Waals surface area contributed by atoms with Crippen LogP contribution in [-0.2, 0) is 20.8 Å². The van der Waals surface area contributed by atoms with E-state index in [1.165, 1.54) is 4.90 Å². The average molecular weight is 661 g/mol. The van der Waals surface area contributed by atoms with Crippen LogP contribution in [0.3, 0.4) is 0 Å². The summed E-state index contributed by atoms with van der Waals surface area (Å²) in [5, 5.41) is 6.60. The van der Waals surface area contributed by atoms with E-state index in [1.807, 2.05) is 60.7 Å². The number of nitrogens with zero attached hydrogens (tertiary/aromatic N) is 2. The summed E-state index contributed by atoms with van der Waals surface area (Å²) in [4.78, 5) is 44.5. The van der Waals surface area contributed by atoms with Crippen LogP contribution in [0.4, 0.5) is 5.69 Å². The first kappa shape index (κ1) is 41.4. The molecule has 234 valence electrons. The number of amides is 3. The van der Waals surface area contributed by atoms with Gasteiger partial charge in [-0.05, 0) is 37.0 Å². The molecule has 3 amide bonds. The SMILES string of the molecule is NCCN(CCN)C(=O)[C@@H](N)CCC(=O)N[C@@H](CCc1ccccc1)C(=O)Nc1cnc2ccccc2c1.[Cl-].[Cl-].[Cl-].[Cl-]. The van der Waals surface area contributed by atoms with Crippen LogP contribution in [-0.4, -0.2) is 65.9 Å². The van der Waals surface area contributed by atoms with E-state index in [4.69, 9.17) is 17.2 Å². The zero-order valence-electron chi connectivity index (χ0n) is 23.0. The maximum atomic E-state index is 13.2. The van der Waals surface area contributed by atoms with Gasteiger partial charge in [0.15, 0.2) is 0 Å². The van der Waals surface area contributed by atoms with Crippen molar-refractivity contribution in [2.24, 2.45) is 17.2 Å². The third kappa shape index (κ3) is 13.1. The maximum Gasteiger partial charge on any atom is 0.247 e. The number of hydrogen-bond donors (Lipinski definition) is 5. The van der Waals surface area contributed by atoms with Gasteiger partial charge in [0.2, 0.25) is 17.7 Å². The Balaban J connectivity index is 0. The molecule has 3 rings (SSSR count). The number of fused-ring (bicyclic) bond motifs is 1. The monoisotopic (exact) mass is 659 g/mol. The van der Waals surface area contributed by atoms with Crippen molar-refractivity contribution in [2.45, 2.75) is 37.8 Å². The lowest BCUT2D eigenvalue weighted by Crippen LogP contribution is -3.00. The molecule has 0 aliphatic rings. The second-order valence-corrected chi connectivity index (χ2v) is 9.10. The van der Waals surface area contributed by atoms with Crippen LogP contribution >= 0.6 is 0 Å². The van der Waals surface area contributed by atoms with Crippen molar-refractivity contribution < 1.29 is 64.0 Å². The number of carbonyl (C=O) groups excluding carboxylic acids is 3. The Labute approximate surface area is 271 Å². The molecule has 0 bridgehead atoms. The first-order valence-electron chi connectivity index (χ1n) is 12.8. The van der Waals surface area contributed by atoms with Crippen molar-refractivity contribution in [3.63, 3.8) is 0 Å². The third-order valence-electron chi connectivity index (χ3n) is 6.18. The Morgan fingerprint density at radius 1 is 0.857 bits per heavy atom. The molecule has 14 heteroatoms. The van der Waals surface area contributed by atoms with Crippen molar-refractivity contribution in [3.8, 4) is 0 Å². The molecule has 8 N–H and O–H groups in total. The number of rotatable bonds is 14. The van der Waals surface area contributed by atoms with Crippen molar-refractivity contribution in [3.05, 3.63) is 72.4 Å². The molecule has 2 atom stereocenters. The van der Waals surface area contributed by atoms with Crippen molar-refractivity contribution in [1.29, 1.82) is 0 Å². The molecular formula is C28H37Cl4N7O3-4. The van der Waals surface area contributed by atoms with Crippen LogP contribution in [0.5, 0.6) is 0 Å². The molecule has 0 spiro atoms. The summed E-state index contributed by atoms with van der Waals surface area (Å²) in [6.07, 6.45) is 2.72. The number of nitrogens with two attached hydrogens (primary N) is 3. The number of benzene rings is 2. The van der Waals surface area contributed by atoms with Gasteiger partial charge in [-0.2, -0.15) is 0 Å². The lowest BCUT2D eigenvalue weighted by Gasteiger charge is -2.25. The molecule has 0 saturated carbocycles. The minimum atomic E-state index is -0.862. The van der Waals surface area contributed by atoms with Crippen LogP contribution < -0.4 is 77.5 Å². The highest BCUT2D eigenvalue weighted by Crippen LogP contribution is 2.17. The van der Waals surface area contributed by atoms with Gasteiger partial charge in [0.05, 0.1) is 23.4 Å². The van der Waals surface area contributed by atoms with Crippen molar-refractivity contribution in [1.82, 2.24) is 15.2 Å². The second-order valence-electron chi connectivity index (χ2n) is 9.10. The first-order chi connectivity index (χ1) is 18.4. The topological polar surface area (TPSA) is 169 Å². The summed E-state index contributed by atoms with van der Waals surface area (Å²) in [5.41, 5.74) is 19.6. The molecule has 1 heterocycles. The highest BCUT2D eigenvalue weighted by molar-refractivity contribution is 5.98. The van der Waals surface area contributed by atoms with E-state index in [0.717, 1.165) is 16.5 Å². The molecule has 0 saturated heterocycles. The first-order valence-corrected chi connectivity index (χ1v) is 12.8. The molecule has 0 unspecified atom stereocenters. The van der Waals surface area contributed by atoms with Crippen LogP contribution in [0.15, 0.2) is 66.9 Å². The minimum absolute atomic E-state index is 0. The zero-order chi connectivity index (χ0) is 27.3. The van der Waals surface area contributed by atoms with Crippen molar-refractivity contribution >= 4 is 34.3 Å². The standard InChI is InChI=1S/C28H37N7O3.4ClH/c29-14-16-35(17-15-30)28(38)23(31)11-13-26(36)34-25(12-10-20-6-2-1-3-7-20)27(37)33-22-18-21-8-4-5-9-24(21)32-19-22;;;;/h1-9,18-19,23,25H,10-17,29-31H2,(H,33,37)(H,34,36);4*1H/p-4/t23-,25-;;;;/m0..../s1. The number of pyridine rings is 1. The highest BCUT2D eigenvalue weighted by Gasteiger charge is 2.24. The number of aromatic nitrogens is 1. The third-order valence-corrected chi connectivity index (χ3v) is 6.18. The lowest BCUT2D eigenvalue weighted by atomic mass is 10.0. The fourth-order valence-corrected chi connectivity index (χ4v) is 4.15. The number of para-hydroxylation sites is 1. The molecule has 0 fully saturated rings. The molecule has 0 radical (unpaired) electrons. The smallest absolute Gasteiger partial charge is 0.247 e. The number of carbonyl (C=O) groups is 3. The van der Waals surface area contributed by atoms with Crippen LogP contribution in [0, 0.1) is 0 Å². The Morgan fingerprint density at radius 3 is 2.12 bits per heavy atom. The van der Waals surface area contributed by atoms with E-state index < -0.39 is 12.1 Å². The number of nitrogens with one attached hydrogen (secondary N) is 2. The van der Waals surface area contributed by atoms with E-state index >= 15 is 0 Å². The quantitative estimate of drug-likeness (QED) is 0.114. The molecule has 0 aliphatic carbocycles. The van der Waals surface area contributed by atoms with Crippen molar-refractivity contribution in [2.75, 3.05) is 31.5 Å². The lowest BCUT2D eigenvalue weighted by molar-refractivity contribution is -0.133. The summed E-state index contributed by atoms with van der Waals surface area (Å²) >= 11 is 0. The summed E-state index contributed by atoms with van der Waals surface area (Å²) < 4.78 is 0. The molecule has 2 aromatic carbocycles. The van der Waals surface area contributed by atoms with Gasteiger partial charge in [-0.15, -0.1) is 0 Å². The molecule has 1 aromatic heterocycles. The van der Waals surface area contributed by atoms with Crippen LogP contribution in [0.1, 0.15) is 24.8 Å². The predicted molar refractivity (Wildman–Crippen MR) is 149 cm³/mol. The summed E-state index contributed by atoms with van der Waals surface area (Å²) in [7, 11) is 0. The molecule has 3 aromatic rings.